The average Bonchev–Trinajstić information content (AvgIpc) is 3.23. The van der Waals surface area contributed by atoms with Gasteiger partial charge >= 0.3 is 95.7 Å². The number of anilines is 2. The topological polar surface area (TPSA) is 8.17 Å². The van der Waals surface area contributed by atoms with E-state index in [0.29, 0.717) is 15.0 Å². The number of hydrogen-bond acceptors (Lipinski definition) is 1. The fourth-order valence-electron chi connectivity index (χ4n) is 4.83. The molecule has 0 radical (unpaired) electrons. The monoisotopic (exact) mass is 518 g/mol. The smallest absolute Gasteiger partial charge is 0.0541 e. The van der Waals surface area contributed by atoms with Gasteiger partial charge in [0.05, 0.1) is 11.0 Å². The van der Waals surface area contributed by atoms with Crippen LogP contribution in [0.4, 0.5) is 11.4 Å². The van der Waals surface area contributed by atoms with Crippen molar-refractivity contribution in [3.8, 4) is 5.69 Å². The summed E-state index contributed by atoms with van der Waals surface area (Å²) in [4.78, 5) is 2.29. The average molecular weight is 518 g/mol. The molecule has 6 aromatic rings. The zero-order chi connectivity index (χ0) is 23.8. The van der Waals surface area contributed by atoms with E-state index < -0.39 is 0 Å². The van der Waals surface area contributed by atoms with E-state index in [1.807, 2.05) is 0 Å². The van der Waals surface area contributed by atoms with E-state index in [2.05, 4.69) is 145 Å². The number of rotatable bonds is 1. The van der Waals surface area contributed by atoms with Crippen molar-refractivity contribution in [2.75, 3.05) is 11.9 Å². The number of aryl methyl sites for hydroxylation is 1. The van der Waals surface area contributed by atoms with Crippen LogP contribution in [-0.2, 0) is 0 Å². The Bertz CT molecular complexity index is 1600. The van der Waals surface area contributed by atoms with Gasteiger partial charge in [0.1, 0.15) is 0 Å². The molecule has 0 N–H and O–H groups in total. The normalized spacial score (nSPS) is 12.1. The summed E-state index contributed by atoms with van der Waals surface area (Å²) >= 11 is 0.458. The zero-order valence-corrected chi connectivity index (χ0v) is 21.6. The summed E-state index contributed by atoms with van der Waals surface area (Å²) in [6.07, 6.45) is 0. The quantitative estimate of drug-likeness (QED) is 0.226. The van der Waals surface area contributed by atoms with Crippen LogP contribution in [0.2, 0.25) is 0 Å². The van der Waals surface area contributed by atoms with E-state index in [1.165, 1.54) is 53.4 Å². The van der Waals surface area contributed by atoms with Crippen LogP contribution in [0.3, 0.4) is 0 Å². The van der Waals surface area contributed by atoms with Crippen molar-refractivity contribution in [3.63, 3.8) is 0 Å². The molecule has 35 heavy (non-hydrogen) atoms. The summed E-state index contributed by atoms with van der Waals surface area (Å²) in [6.45, 7) is 2.15. The van der Waals surface area contributed by atoms with Crippen molar-refractivity contribution in [3.05, 3.63) is 127 Å². The second-order valence-corrected chi connectivity index (χ2v) is 11.1. The molecule has 2 heterocycles. The van der Waals surface area contributed by atoms with Crippen LogP contribution in [0.1, 0.15) is 5.56 Å². The van der Waals surface area contributed by atoms with E-state index in [-0.39, 0.29) is 0 Å². The summed E-state index contributed by atoms with van der Waals surface area (Å²) < 4.78 is 5.29. The standard InChI is InChI=1S/C19H15N.C13H11NSe/c1-14-11-12-19-17(13-14)16-9-5-6-10-18(16)20(19)15-7-3-2-4-8-15;1-14-10-6-2-4-8-12(10)15-13-9-5-3-7-11(13)14/h2-13H,1H3;2-9H,1H3. The third-order valence-electron chi connectivity index (χ3n) is 6.52. The maximum absolute atomic E-state index is 2.34. The third kappa shape index (κ3) is 3.93. The Labute approximate surface area is 212 Å². The zero-order valence-electron chi connectivity index (χ0n) is 19.8. The molecule has 1 aliphatic rings. The minimum absolute atomic E-state index is 0.458. The molecule has 0 amide bonds. The van der Waals surface area contributed by atoms with Crippen LogP contribution in [0.5, 0.6) is 0 Å². The van der Waals surface area contributed by atoms with E-state index in [0.717, 1.165) is 0 Å². The first-order valence-electron chi connectivity index (χ1n) is 11.9. The van der Waals surface area contributed by atoms with Crippen molar-refractivity contribution in [1.82, 2.24) is 4.57 Å². The van der Waals surface area contributed by atoms with Gasteiger partial charge < -0.3 is 4.57 Å². The third-order valence-corrected chi connectivity index (χ3v) is 8.89. The van der Waals surface area contributed by atoms with E-state index in [4.69, 9.17) is 0 Å². The second kappa shape index (κ2) is 9.11. The predicted octanol–water partition coefficient (Wildman–Crippen LogP) is 6.52. The SMILES string of the molecule is CN1c2ccccc2[Se]c2ccccc21.Cc1ccc2c(c1)c1ccccc1n2-c1ccccc1. The van der Waals surface area contributed by atoms with Gasteiger partial charge in [0.25, 0.3) is 0 Å². The van der Waals surface area contributed by atoms with Crippen LogP contribution in [-0.4, -0.2) is 26.6 Å². The molecule has 3 heteroatoms. The van der Waals surface area contributed by atoms with Crippen molar-refractivity contribution in [2.24, 2.45) is 0 Å². The van der Waals surface area contributed by atoms with Crippen LogP contribution >= 0.6 is 0 Å². The molecule has 1 aromatic heterocycles. The molecule has 0 unspecified atom stereocenters. The number of nitrogens with zero attached hydrogens (tertiary/aromatic N) is 2. The molecule has 5 aromatic carbocycles. The van der Waals surface area contributed by atoms with Gasteiger partial charge in [0.2, 0.25) is 0 Å². The molecule has 0 atom stereocenters. The Morgan fingerprint density at radius 1 is 0.543 bits per heavy atom. The number of aromatic nitrogens is 1. The largest absolute Gasteiger partial charge is 0.309 e. The van der Waals surface area contributed by atoms with Crippen molar-refractivity contribution >= 4 is 57.1 Å². The van der Waals surface area contributed by atoms with Gasteiger partial charge in [-0.1, -0.05) is 48.0 Å². The van der Waals surface area contributed by atoms with E-state index >= 15 is 0 Å². The molecule has 1 aliphatic heterocycles. The minimum atomic E-state index is 0.458. The molecular formula is C32H26N2Se. The Hall–Kier alpha value is -3.78. The summed E-state index contributed by atoms with van der Waals surface area (Å²) in [7, 11) is 2.15. The molecule has 0 aliphatic carbocycles. The van der Waals surface area contributed by atoms with Crippen LogP contribution < -0.4 is 13.8 Å². The molecule has 0 bridgehead atoms. The van der Waals surface area contributed by atoms with Crippen LogP contribution in [0.15, 0.2) is 121 Å². The molecule has 2 nitrogen and oxygen atoms in total. The Morgan fingerprint density at radius 2 is 1.11 bits per heavy atom. The van der Waals surface area contributed by atoms with Gasteiger partial charge in [0, 0.05) is 16.5 Å². The Kier molecular flexibility index (Phi) is 5.66. The molecular weight excluding hydrogens is 491 g/mol. The van der Waals surface area contributed by atoms with Gasteiger partial charge in [0.15, 0.2) is 0 Å². The van der Waals surface area contributed by atoms with Crippen molar-refractivity contribution < 1.29 is 0 Å². The fraction of sp³-hybridized carbons (Fsp3) is 0.0625. The summed E-state index contributed by atoms with van der Waals surface area (Å²) in [6, 6.07) is 43.2. The second-order valence-electron chi connectivity index (χ2n) is 8.81. The van der Waals surface area contributed by atoms with E-state index in [9.17, 15) is 0 Å². The molecule has 0 saturated carbocycles. The molecule has 0 fully saturated rings. The van der Waals surface area contributed by atoms with Crippen LogP contribution in [0.25, 0.3) is 27.5 Å². The first-order valence-corrected chi connectivity index (χ1v) is 13.6. The number of benzene rings is 5. The number of fused-ring (bicyclic) bond motifs is 5. The van der Waals surface area contributed by atoms with Gasteiger partial charge in [-0.3, -0.25) is 0 Å². The number of hydrogen-bond donors (Lipinski definition) is 0. The maximum atomic E-state index is 2.34. The van der Waals surface area contributed by atoms with Gasteiger partial charge in [-0.05, 0) is 37.3 Å². The molecule has 170 valence electrons. The summed E-state index contributed by atoms with van der Waals surface area (Å²) in [5.41, 5.74) is 7.76. The Balaban J connectivity index is 0.000000136. The molecule has 0 saturated heterocycles. The van der Waals surface area contributed by atoms with E-state index in [1.54, 1.807) is 0 Å². The predicted molar refractivity (Wildman–Crippen MR) is 151 cm³/mol. The maximum Gasteiger partial charge on any atom is 0.0541 e. The fourth-order valence-corrected chi connectivity index (χ4v) is 7.24. The Morgan fingerprint density at radius 3 is 1.83 bits per heavy atom. The minimum Gasteiger partial charge on any atom is -0.309 e. The first kappa shape index (κ1) is 21.7. The molecule has 0 spiro atoms. The van der Waals surface area contributed by atoms with Gasteiger partial charge in [-0.25, -0.2) is 0 Å². The van der Waals surface area contributed by atoms with Crippen molar-refractivity contribution in [2.45, 2.75) is 6.92 Å². The number of para-hydroxylation sites is 4. The van der Waals surface area contributed by atoms with Gasteiger partial charge in [-0.15, -0.1) is 0 Å². The van der Waals surface area contributed by atoms with Gasteiger partial charge in [-0.2, -0.15) is 0 Å². The first-order chi connectivity index (χ1) is 17.2. The van der Waals surface area contributed by atoms with Crippen molar-refractivity contribution in [1.29, 1.82) is 0 Å². The van der Waals surface area contributed by atoms with Crippen LogP contribution in [0, 0.1) is 6.92 Å². The summed E-state index contributed by atoms with van der Waals surface area (Å²) in [5, 5.41) is 2.64. The summed E-state index contributed by atoms with van der Waals surface area (Å²) in [5.74, 6) is 0. The molecule has 7 rings (SSSR count).